The predicted octanol–water partition coefficient (Wildman–Crippen LogP) is 1.36. The van der Waals surface area contributed by atoms with Crippen LogP contribution in [0.2, 0.25) is 0 Å². The van der Waals surface area contributed by atoms with Crippen molar-refractivity contribution in [3.63, 3.8) is 0 Å². The average Bonchev–Trinajstić information content (AvgIpc) is 2.43. The second kappa shape index (κ2) is 1.90. The van der Waals surface area contributed by atoms with Gasteiger partial charge in [-0.3, -0.25) is 4.79 Å². The fourth-order valence-electron chi connectivity index (χ4n) is 1.01. The Kier molecular flexibility index (Phi) is 1.42. The molecule has 0 aromatic carbocycles. The maximum Gasteiger partial charge on any atom is 0.309 e. The van der Waals surface area contributed by atoms with Gasteiger partial charge in [0.2, 0.25) is 6.43 Å². The van der Waals surface area contributed by atoms with E-state index in [2.05, 4.69) is 0 Å². The summed E-state index contributed by atoms with van der Waals surface area (Å²) in [4.78, 5) is 10.3. The molecule has 0 spiro atoms. The zero-order chi connectivity index (χ0) is 7.94. The fourth-order valence-corrected chi connectivity index (χ4v) is 1.01. The first-order chi connectivity index (χ1) is 4.48. The monoisotopic (exact) mass is 150 g/mol. The van der Waals surface area contributed by atoms with Crippen LogP contribution in [0.1, 0.15) is 13.3 Å². The highest BCUT2D eigenvalue weighted by Gasteiger charge is 2.60. The minimum atomic E-state index is -2.49. The lowest BCUT2D eigenvalue weighted by molar-refractivity contribution is -0.144. The lowest BCUT2D eigenvalue weighted by Crippen LogP contribution is -2.15. The third-order valence-corrected chi connectivity index (χ3v) is 2.09. The summed E-state index contributed by atoms with van der Waals surface area (Å²) in [6.07, 6.45) is -2.37. The van der Waals surface area contributed by atoms with Crippen molar-refractivity contribution in [1.82, 2.24) is 0 Å². The molecule has 0 aromatic heterocycles. The SMILES string of the molecule is C[C@]1(C(=O)O)C[C@@H]1C(F)F. The summed E-state index contributed by atoms with van der Waals surface area (Å²) in [7, 11) is 0. The molecule has 0 unspecified atom stereocenters. The molecule has 1 fully saturated rings. The van der Waals surface area contributed by atoms with Gasteiger partial charge in [0, 0.05) is 5.92 Å². The Morgan fingerprint density at radius 2 is 2.30 bits per heavy atom. The van der Waals surface area contributed by atoms with Crippen LogP contribution in [0.5, 0.6) is 0 Å². The van der Waals surface area contributed by atoms with Crippen molar-refractivity contribution in [1.29, 1.82) is 0 Å². The summed E-state index contributed by atoms with van der Waals surface area (Å²) in [6.45, 7) is 1.35. The minimum absolute atomic E-state index is 0.111. The molecule has 1 N–H and O–H groups in total. The number of hydrogen-bond acceptors (Lipinski definition) is 1. The van der Waals surface area contributed by atoms with Gasteiger partial charge in [-0.15, -0.1) is 0 Å². The number of carbonyl (C=O) groups is 1. The van der Waals surface area contributed by atoms with Crippen molar-refractivity contribution in [3.8, 4) is 0 Å². The number of rotatable bonds is 2. The number of carboxylic acid groups (broad SMARTS) is 1. The van der Waals surface area contributed by atoms with Gasteiger partial charge in [-0.25, -0.2) is 8.78 Å². The molecular weight excluding hydrogens is 142 g/mol. The van der Waals surface area contributed by atoms with Crippen molar-refractivity contribution >= 4 is 5.97 Å². The van der Waals surface area contributed by atoms with Crippen LogP contribution in [0.15, 0.2) is 0 Å². The molecule has 0 aromatic rings. The fraction of sp³-hybridized carbons (Fsp3) is 0.833. The first-order valence-corrected chi connectivity index (χ1v) is 3.00. The first-order valence-electron chi connectivity index (χ1n) is 3.00. The molecule has 1 aliphatic carbocycles. The van der Waals surface area contributed by atoms with Gasteiger partial charge in [-0.05, 0) is 13.3 Å². The van der Waals surface area contributed by atoms with E-state index in [0.29, 0.717) is 0 Å². The third-order valence-electron chi connectivity index (χ3n) is 2.09. The van der Waals surface area contributed by atoms with Crippen molar-refractivity contribution in [3.05, 3.63) is 0 Å². The highest BCUT2D eigenvalue weighted by atomic mass is 19.3. The Balaban J connectivity index is 2.56. The lowest BCUT2D eigenvalue weighted by Gasteiger charge is -2.02. The summed E-state index contributed by atoms with van der Waals surface area (Å²) in [6, 6.07) is 0. The van der Waals surface area contributed by atoms with Crippen LogP contribution in [-0.2, 0) is 4.79 Å². The molecule has 0 aliphatic heterocycles. The van der Waals surface area contributed by atoms with Crippen molar-refractivity contribution in [2.45, 2.75) is 19.8 Å². The van der Waals surface area contributed by atoms with Gasteiger partial charge >= 0.3 is 5.97 Å². The van der Waals surface area contributed by atoms with Gasteiger partial charge in [0.15, 0.2) is 0 Å². The highest BCUT2D eigenvalue weighted by molar-refractivity contribution is 5.78. The number of carboxylic acids is 1. The zero-order valence-corrected chi connectivity index (χ0v) is 5.47. The molecule has 0 bridgehead atoms. The van der Waals surface area contributed by atoms with Crippen LogP contribution in [-0.4, -0.2) is 17.5 Å². The van der Waals surface area contributed by atoms with Gasteiger partial charge in [0.25, 0.3) is 0 Å². The Morgan fingerprint density at radius 1 is 1.80 bits per heavy atom. The molecule has 0 saturated heterocycles. The summed E-state index contributed by atoms with van der Waals surface area (Å²) in [5.74, 6) is -2.04. The smallest absolute Gasteiger partial charge is 0.309 e. The molecular formula is C6H8F2O2. The lowest BCUT2D eigenvalue weighted by atomic mass is 10.1. The van der Waals surface area contributed by atoms with E-state index in [-0.39, 0.29) is 6.42 Å². The quantitative estimate of drug-likeness (QED) is 0.645. The van der Waals surface area contributed by atoms with Crippen LogP contribution < -0.4 is 0 Å². The summed E-state index contributed by atoms with van der Waals surface area (Å²) in [5.41, 5.74) is -1.14. The molecule has 1 rings (SSSR count). The molecule has 2 atom stereocenters. The average molecular weight is 150 g/mol. The molecule has 10 heavy (non-hydrogen) atoms. The summed E-state index contributed by atoms with van der Waals surface area (Å²) in [5, 5.41) is 8.40. The second-order valence-electron chi connectivity index (χ2n) is 2.87. The van der Waals surface area contributed by atoms with E-state index in [1.165, 1.54) is 6.92 Å². The third kappa shape index (κ3) is 0.874. The van der Waals surface area contributed by atoms with Gasteiger partial charge < -0.3 is 5.11 Å². The van der Waals surface area contributed by atoms with Crippen LogP contribution in [0.25, 0.3) is 0 Å². The molecule has 0 amide bonds. The van der Waals surface area contributed by atoms with Crippen LogP contribution in [0.3, 0.4) is 0 Å². The number of halogens is 2. The van der Waals surface area contributed by atoms with Crippen molar-refractivity contribution < 1.29 is 18.7 Å². The molecule has 1 saturated carbocycles. The normalized spacial score (nSPS) is 38.2. The topological polar surface area (TPSA) is 37.3 Å². The van der Waals surface area contributed by atoms with E-state index in [0.717, 1.165) is 0 Å². The Morgan fingerprint density at radius 3 is 2.40 bits per heavy atom. The Bertz CT molecular complexity index is 169. The van der Waals surface area contributed by atoms with E-state index in [1.54, 1.807) is 0 Å². The summed E-state index contributed by atoms with van der Waals surface area (Å²) < 4.78 is 23.6. The molecule has 1 aliphatic rings. The van der Waals surface area contributed by atoms with Crippen LogP contribution in [0.4, 0.5) is 8.78 Å². The van der Waals surface area contributed by atoms with E-state index < -0.39 is 23.7 Å². The Labute approximate surface area is 56.8 Å². The Hall–Kier alpha value is -0.670. The largest absolute Gasteiger partial charge is 0.481 e. The molecule has 4 heteroatoms. The number of alkyl halides is 2. The minimum Gasteiger partial charge on any atom is -0.481 e. The first kappa shape index (κ1) is 7.44. The second-order valence-corrected chi connectivity index (χ2v) is 2.87. The molecule has 2 nitrogen and oxygen atoms in total. The maximum absolute atomic E-state index is 11.8. The van der Waals surface area contributed by atoms with Crippen LogP contribution >= 0.6 is 0 Å². The standard InChI is InChI=1S/C6H8F2O2/c1-6(5(9)10)2-3(6)4(7)8/h3-4H,2H2,1H3,(H,9,10)/t3-,6+/m1/s1. The number of aliphatic carboxylic acids is 1. The van der Waals surface area contributed by atoms with E-state index in [4.69, 9.17) is 5.11 Å². The number of hydrogen-bond donors (Lipinski definition) is 1. The van der Waals surface area contributed by atoms with Gasteiger partial charge in [0.05, 0.1) is 5.41 Å². The van der Waals surface area contributed by atoms with Crippen LogP contribution in [0, 0.1) is 11.3 Å². The van der Waals surface area contributed by atoms with E-state index in [9.17, 15) is 13.6 Å². The zero-order valence-electron chi connectivity index (χ0n) is 5.47. The van der Waals surface area contributed by atoms with Gasteiger partial charge in [-0.1, -0.05) is 0 Å². The predicted molar refractivity (Wildman–Crippen MR) is 29.9 cm³/mol. The van der Waals surface area contributed by atoms with Crippen molar-refractivity contribution in [2.24, 2.45) is 11.3 Å². The molecule has 0 heterocycles. The van der Waals surface area contributed by atoms with Crippen molar-refractivity contribution in [2.75, 3.05) is 0 Å². The van der Waals surface area contributed by atoms with E-state index >= 15 is 0 Å². The van der Waals surface area contributed by atoms with Gasteiger partial charge in [0.1, 0.15) is 0 Å². The van der Waals surface area contributed by atoms with Gasteiger partial charge in [-0.2, -0.15) is 0 Å². The summed E-state index contributed by atoms with van der Waals surface area (Å²) >= 11 is 0. The molecule has 58 valence electrons. The molecule has 0 radical (unpaired) electrons. The maximum atomic E-state index is 11.8. The van der Waals surface area contributed by atoms with E-state index in [1.807, 2.05) is 0 Å². The highest BCUT2D eigenvalue weighted by Crippen LogP contribution is 2.55.